The maximum absolute atomic E-state index is 11.6. The minimum atomic E-state index is -0.371. The van der Waals surface area contributed by atoms with E-state index >= 15 is 0 Å². The molecule has 1 aliphatic heterocycles. The molecule has 0 spiro atoms. The van der Waals surface area contributed by atoms with Crippen LogP contribution in [0.5, 0.6) is 0 Å². The number of carbonyl (C=O) groups is 1. The first kappa shape index (κ1) is 17.4. The Balaban J connectivity index is 1.96. The van der Waals surface area contributed by atoms with E-state index in [1.54, 1.807) is 12.1 Å². The number of nitrogens with zero attached hydrogens (tertiary/aromatic N) is 2. The summed E-state index contributed by atoms with van der Waals surface area (Å²) in [6.45, 7) is 2.57. The van der Waals surface area contributed by atoms with Crippen LogP contribution in [0.15, 0.2) is 24.3 Å². The third-order valence-electron chi connectivity index (χ3n) is 4.16. The van der Waals surface area contributed by atoms with Gasteiger partial charge in [0, 0.05) is 44.2 Å². The number of amides is 1. The minimum absolute atomic E-state index is 0.0200. The quantitative estimate of drug-likeness (QED) is 0.584. The summed E-state index contributed by atoms with van der Waals surface area (Å²) >= 11 is 0. The Morgan fingerprint density at radius 3 is 3.00 bits per heavy atom. The zero-order valence-electron chi connectivity index (χ0n) is 13.2. The molecule has 1 saturated heterocycles. The Hall–Kier alpha value is -1.99. The summed E-state index contributed by atoms with van der Waals surface area (Å²) in [4.78, 5) is 24.4. The predicted octanol–water partition coefficient (Wildman–Crippen LogP) is 1.41. The van der Waals surface area contributed by atoms with E-state index in [0.29, 0.717) is 26.1 Å². The van der Waals surface area contributed by atoms with E-state index in [0.717, 1.165) is 31.4 Å². The van der Waals surface area contributed by atoms with Crippen LogP contribution < -0.4 is 11.1 Å². The van der Waals surface area contributed by atoms with Crippen LogP contribution in [0.25, 0.3) is 0 Å². The molecule has 1 fully saturated rings. The highest BCUT2D eigenvalue weighted by Gasteiger charge is 2.23. The highest BCUT2D eigenvalue weighted by atomic mass is 16.6. The molecule has 2 rings (SSSR count). The molecular formula is C16H24N4O3. The third kappa shape index (κ3) is 5.30. The predicted molar refractivity (Wildman–Crippen MR) is 87.8 cm³/mol. The average Bonchev–Trinajstić information content (AvgIpc) is 2.54. The number of hydrogen-bond acceptors (Lipinski definition) is 5. The molecule has 7 heteroatoms. The molecule has 3 N–H and O–H groups in total. The van der Waals surface area contributed by atoms with Gasteiger partial charge in [-0.1, -0.05) is 18.6 Å². The van der Waals surface area contributed by atoms with Crippen molar-refractivity contribution < 1.29 is 9.72 Å². The first-order valence-corrected chi connectivity index (χ1v) is 8.04. The molecule has 0 saturated carbocycles. The zero-order valence-corrected chi connectivity index (χ0v) is 13.2. The molecule has 1 atom stereocenters. The largest absolute Gasteiger partial charge is 0.354 e. The highest BCUT2D eigenvalue weighted by molar-refractivity contribution is 5.76. The van der Waals surface area contributed by atoms with Crippen LogP contribution in [-0.4, -0.2) is 41.4 Å². The lowest BCUT2D eigenvalue weighted by atomic mass is 10.0. The molecule has 1 heterocycles. The SMILES string of the molecule is NCCC(=O)NCC1CCCCN1Cc1cccc([N+](=O)[O-])c1. The molecule has 0 aromatic heterocycles. The van der Waals surface area contributed by atoms with Crippen LogP contribution in [0.1, 0.15) is 31.2 Å². The van der Waals surface area contributed by atoms with Crippen molar-refractivity contribution in [2.45, 2.75) is 38.3 Å². The lowest BCUT2D eigenvalue weighted by molar-refractivity contribution is -0.384. The van der Waals surface area contributed by atoms with Crippen LogP contribution in [0.3, 0.4) is 0 Å². The number of nitrogens with one attached hydrogen (secondary N) is 1. The van der Waals surface area contributed by atoms with E-state index in [9.17, 15) is 14.9 Å². The van der Waals surface area contributed by atoms with Gasteiger partial charge >= 0.3 is 0 Å². The smallest absolute Gasteiger partial charge is 0.269 e. The second-order valence-electron chi connectivity index (χ2n) is 5.89. The monoisotopic (exact) mass is 320 g/mol. The highest BCUT2D eigenvalue weighted by Crippen LogP contribution is 2.21. The van der Waals surface area contributed by atoms with Crippen molar-refractivity contribution in [2.24, 2.45) is 5.73 Å². The van der Waals surface area contributed by atoms with Crippen molar-refractivity contribution in [1.29, 1.82) is 0 Å². The number of carbonyl (C=O) groups excluding carboxylic acids is 1. The fourth-order valence-electron chi connectivity index (χ4n) is 2.95. The molecule has 7 nitrogen and oxygen atoms in total. The fraction of sp³-hybridized carbons (Fsp3) is 0.562. The maximum atomic E-state index is 11.6. The number of nitro groups is 1. The summed E-state index contributed by atoms with van der Waals surface area (Å²) < 4.78 is 0. The van der Waals surface area contributed by atoms with Crippen molar-refractivity contribution in [3.8, 4) is 0 Å². The second-order valence-corrected chi connectivity index (χ2v) is 5.89. The lowest BCUT2D eigenvalue weighted by Crippen LogP contribution is -2.46. The van der Waals surface area contributed by atoms with Gasteiger partial charge < -0.3 is 11.1 Å². The van der Waals surface area contributed by atoms with Crippen LogP contribution in [0.2, 0.25) is 0 Å². The molecule has 126 valence electrons. The van der Waals surface area contributed by atoms with E-state index in [1.165, 1.54) is 6.07 Å². The van der Waals surface area contributed by atoms with E-state index < -0.39 is 0 Å². The Kier molecular flexibility index (Phi) is 6.49. The Morgan fingerprint density at radius 1 is 1.43 bits per heavy atom. The van der Waals surface area contributed by atoms with Crippen molar-refractivity contribution in [2.75, 3.05) is 19.6 Å². The second kappa shape index (κ2) is 8.59. The zero-order chi connectivity index (χ0) is 16.7. The number of hydrogen-bond donors (Lipinski definition) is 2. The Morgan fingerprint density at radius 2 is 2.26 bits per heavy atom. The van der Waals surface area contributed by atoms with Gasteiger partial charge in [-0.25, -0.2) is 0 Å². The number of nitro benzene ring substituents is 1. The number of piperidine rings is 1. The van der Waals surface area contributed by atoms with Crippen molar-refractivity contribution in [3.05, 3.63) is 39.9 Å². The first-order valence-electron chi connectivity index (χ1n) is 8.04. The molecule has 1 amide bonds. The third-order valence-corrected chi connectivity index (χ3v) is 4.16. The van der Waals surface area contributed by atoms with Crippen molar-refractivity contribution >= 4 is 11.6 Å². The summed E-state index contributed by atoms with van der Waals surface area (Å²) in [5.41, 5.74) is 6.43. The summed E-state index contributed by atoms with van der Waals surface area (Å²) in [6.07, 6.45) is 3.63. The van der Waals surface area contributed by atoms with Gasteiger partial charge in [-0.3, -0.25) is 19.8 Å². The van der Waals surface area contributed by atoms with Gasteiger partial charge in [0.05, 0.1) is 4.92 Å². The number of rotatable bonds is 7. The fourth-order valence-corrected chi connectivity index (χ4v) is 2.95. The molecule has 0 aliphatic carbocycles. The van der Waals surface area contributed by atoms with E-state index in [-0.39, 0.29) is 22.6 Å². The van der Waals surface area contributed by atoms with E-state index in [4.69, 9.17) is 5.73 Å². The van der Waals surface area contributed by atoms with Gasteiger partial charge in [-0.2, -0.15) is 0 Å². The van der Waals surface area contributed by atoms with Gasteiger partial charge in [0.1, 0.15) is 0 Å². The van der Waals surface area contributed by atoms with Crippen LogP contribution >= 0.6 is 0 Å². The van der Waals surface area contributed by atoms with Gasteiger partial charge in [0.15, 0.2) is 0 Å². The summed E-state index contributed by atoms with van der Waals surface area (Å²) in [6, 6.07) is 7.02. The number of benzene rings is 1. The van der Waals surface area contributed by atoms with Crippen LogP contribution in [0, 0.1) is 10.1 Å². The molecule has 0 radical (unpaired) electrons. The van der Waals surface area contributed by atoms with Gasteiger partial charge in [0.2, 0.25) is 5.91 Å². The molecular weight excluding hydrogens is 296 g/mol. The molecule has 23 heavy (non-hydrogen) atoms. The Labute approximate surface area is 136 Å². The van der Waals surface area contributed by atoms with Crippen molar-refractivity contribution in [1.82, 2.24) is 10.2 Å². The molecule has 0 bridgehead atoms. The standard InChI is InChI=1S/C16H24N4O3/c17-8-7-16(21)18-11-15-5-1-2-9-19(15)12-13-4-3-6-14(10-13)20(22)23/h3-4,6,10,15H,1-2,5,7-9,11-12,17H2,(H,18,21). The van der Waals surface area contributed by atoms with Gasteiger partial charge in [-0.05, 0) is 24.9 Å². The molecule has 1 aliphatic rings. The number of nitrogens with two attached hydrogens (primary N) is 1. The summed E-state index contributed by atoms with van der Waals surface area (Å²) in [5.74, 6) is -0.0200. The van der Waals surface area contributed by atoms with E-state index in [2.05, 4.69) is 10.2 Å². The van der Waals surface area contributed by atoms with Crippen molar-refractivity contribution in [3.63, 3.8) is 0 Å². The topological polar surface area (TPSA) is 102 Å². The number of non-ortho nitro benzene ring substituents is 1. The number of likely N-dealkylation sites (tertiary alicyclic amines) is 1. The first-order chi connectivity index (χ1) is 11.1. The summed E-state index contributed by atoms with van der Waals surface area (Å²) in [5, 5.41) is 13.8. The van der Waals surface area contributed by atoms with Crippen LogP contribution in [-0.2, 0) is 11.3 Å². The average molecular weight is 320 g/mol. The van der Waals surface area contributed by atoms with Crippen LogP contribution in [0.4, 0.5) is 5.69 Å². The normalized spacial score (nSPS) is 18.6. The molecule has 1 aromatic carbocycles. The van der Waals surface area contributed by atoms with E-state index in [1.807, 2.05) is 6.07 Å². The Bertz CT molecular complexity index is 550. The maximum Gasteiger partial charge on any atom is 0.269 e. The minimum Gasteiger partial charge on any atom is -0.354 e. The summed E-state index contributed by atoms with van der Waals surface area (Å²) in [7, 11) is 0. The van der Waals surface area contributed by atoms with Gasteiger partial charge in [0.25, 0.3) is 5.69 Å². The lowest BCUT2D eigenvalue weighted by Gasteiger charge is -2.35. The molecule has 1 aromatic rings. The van der Waals surface area contributed by atoms with Gasteiger partial charge in [-0.15, -0.1) is 0 Å². The molecule has 1 unspecified atom stereocenters.